The van der Waals surface area contributed by atoms with Crippen LogP contribution in [-0.4, -0.2) is 12.6 Å². The first-order chi connectivity index (χ1) is 10.6. The lowest BCUT2D eigenvalue weighted by Crippen LogP contribution is -2.29. The Hall–Kier alpha value is -0.0800. The molecule has 22 heavy (non-hydrogen) atoms. The molecule has 0 heterocycles. The normalized spacial score (nSPS) is 13.5. The van der Waals surface area contributed by atoms with Crippen molar-refractivity contribution < 1.29 is 0 Å². The summed E-state index contributed by atoms with van der Waals surface area (Å²) in [6.07, 6.45) is 18.4. The van der Waals surface area contributed by atoms with Crippen molar-refractivity contribution in [3.05, 3.63) is 0 Å². The second kappa shape index (κ2) is 14.5. The highest BCUT2D eigenvalue weighted by Gasteiger charge is 2.23. The van der Waals surface area contributed by atoms with Crippen LogP contribution in [0.2, 0.25) is 0 Å². The first kappa shape index (κ1) is 21.9. The molecule has 0 aliphatic heterocycles. The topological polar surface area (TPSA) is 52.0 Å². The molecule has 134 valence electrons. The molecule has 4 N–H and O–H groups in total. The van der Waals surface area contributed by atoms with E-state index in [0.717, 1.165) is 6.54 Å². The number of hydrogen-bond donors (Lipinski definition) is 2. The standard InChI is InChI=1S/C20H44N2/c1-4-7-12-15-19(22)16-13-10-8-9-11-14-17-20(5-2,6-3)18-21/h19H,4-18,21-22H2,1-3H3. The van der Waals surface area contributed by atoms with Crippen LogP contribution < -0.4 is 11.5 Å². The number of nitrogens with two attached hydrogens (primary N) is 2. The summed E-state index contributed by atoms with van der Waals surface area (Å²) in [5, 5.41) is 0. The predicted molar refractivity (Wildman–Crippen MR) is 101 cm³/mol. The Morgan fingerprint density at radius 1 is 0.727 bits per heavy atom. The average Bonchev–Trinajstić information content (AvgIpc) is 2.54. The summed E-state index contributed by atoms with van der Waals surface area (Å²) in [7, 11) is 0. The minimum absolute atomic E-state index is 0.422. The van der Waals surface area contributed by atoms with Crippen LogP contribution in [0.5, 0.6) is 0 Å². The first-order valence-electron chi connectivity index (χ1n) is 10.1. The van der Waals surface area contributed by atoms with E-state index in [2.05, 4.69) is 20.8 Å². The highest BCUT2D eigenvalue weighted by molar-refractivity contribution is 4.77. The second-order valence-electron chi connectivity index (χ2n) is 7.33. The third-order valence-corrected chi connectivity index (χ3v) is 5.64. The highest BCUT2D eigenvalue weighted by Crippen LogP contribution is 2.31. The lowest BCUT2D eigenvalue weighted by Gasteiger charge is -2.30. The molecule has 0 bridgehead atoms. The van der Waals surface area contributed by atoms with Gasteiger partial charge in [0.15, 0.2) is 0 Å². The fraction of sp³-hybridized carbons (Fsp3) is 1.00. The summed E-state index contributed by atoms with van der Waals surface area (Å²) in [5.41, 5.74) is 12.5. The van der Waals surface area contributed by atoms with Gasteiger partial charge in [-0.2, -0.15) is 0 Å². The van der Waals surface area contributed by atoms with Gasteiger partial charge in [0.25, 0.3) is 0 Å². The maximum atomic E-state index is 6.16. The first-order valence-corrected chi connectivity index (χ1v) is 10.1. The Balaban J connectivity index is 3.43. The van der Waals surface area contributed by atoms with Crippen LogP contribution in [0, 0.1) is 5.41 Å². The smallest absolute Gasteiger partial charge is 0.00388 e. The molecule has 0 aromatic carbocycles. The SMILES string of the molecule is CCCCCC(N)CCCCCCCCC(CC)(CC)CN. The van der Waals surface area contributed by atoms with Crippen LogP contribution in [0.1, 0.15) is 111 Å². The molecule has 0 amide bonds. The van der Waals surface area contributed by atoms with Crippen molar-refractivity contribution in [3.63, 3.8) is 0 Å². The molecule has 0 rings (SSSR count). The van der Waals surface area contributed by atoms with Crippen molar-refractivity contribution in [3.8, 4) is 0 Å². The quantitative estimate of drug-likeness (QED) is 0.355. The van der Waals surface area contributed by atoms with Crippen molar-refractivity contribution in [1.82, 2.24) is 0 Å². The van der Waals surface area contributed by atoms with E-state index in [4.69, 9.17) is 11.5 Å². The van der Waals surface area contributed by atoms with Gasteiger partial charge in [0.05, 0.1) is 0 Å². The van der Waals surface area contributed by atoms with E-state index in [1.54, 1.807) is 0 Å². The zero-order valence-corrected chi connectivity index (χ0v) is 15.8. The Bertz CT molecular complexity index is 215. The fourth-order valence-corrected chi connectivity index (χ4v) is 3.41. The van der Waals surface area contributed by atoms with E-state index < -0.39 is 0 Å². The van der Waals surface area contributed by atoms with E-state index >= 15 is 0 Å². The van der Waals surface area contributed by atoms with Gasteiger partial charge in [0, 0.05) is 6.04 Å². The van der Waals surface area contributed by atoms with Gasteiger partial charge in [-0.1, -0.05) is 78.6 Å². The summed E-state index contributed by atoms with van der Waals surface area (Å²) in [4.78, 5) is 0. The van der Waals surface area contributed by atoms with Crippen LogP contribution in [0.4, 0.5) is 0 Å². The molecule has 1 unspecified atom stereocenters. The van der Waals surface area contributed by atoms with Gasteiger partial charge < -0.3 is 11.5 Å². The zero-order chi connectivity index (χ0) is 16.7. The second-order valence-corrected chi connectivity index (χ2v) is 7.33. The highest BCUT2D eigenvalue weighted by atomic mass is 14.6. The third kappa shape index (κ3) is 10.6. The Labute approximate surface area is 140 Å². The number of unbranched alkanes of at least 4 members (excludes halogenated alkanes) is 7. The monoisotopic (exact) mass is 312 g/mol. The minimum Gasteiger partial charge on any atom is -0.330 e. The van der Waals surface area contributed by atoms with E-state index in [1.165, 1.54) is 89.9 Å². The van der Waals surface area contributed by atoms with Crippen molar-refractivity contribution in [2.75, 3.05) is 6.54 Å². The Kier molecular flexibility index (Phi) is 14.5. The van der Waals surface area contributed by atoms with E-state index in [0.29, 0.717) is 11.5 Å². The lowest BCUT2D eigenvalue weighted by atomic mass is 9.78. The molecule has 0 aromatic heterocycles. The van der Waals surface area contributed by atoms with Crippen molar-refractivity contribution in [2.45, 2.75) is 117 Å². The summed E-state index contributed by atoms with van der Waals surface area (Å²) in [6.45, 7) is 7.69. The molecular weight excluding hydrogens is 268 g/mol. The van der Waals surface area contributed by atoms with Crippen LogP contribution >= 0.6 is 0 Å². The fourth-order valence-electron chi connectivity index (χ4n) is 3.41. The van der Waals surface area contributed by atoms with Crippen LogP contribution in [0.25, 0.3) is 0 Å². The average molecular weight is 313 g/mol. The lowest BCUT2D eigenvalue weighted by molar-refractivity contribution is 0.240. The maximum absolute atomic E-state index is 6.16. The van der Waals surface area contributed by atoms with Crippen LogP contribution in [0.15, 0.2) is 0 Å². The van der Waals surface area contributed by atoms with Crippen LogP contribution in [0.3, 0.4) is 0 Å². The molecule has 0 radical (unpaired) electrons. The largest absolute Gasteiger partial charge is 0.330 e. The molecule has 1 atom stereocenters. The molecule has 2 heteroatoms. The Morgan fingerprint density at radius 3 is 1.73 bits per heavy atom. The van der Waals surface area contributed by atoms with Gasteiger partial charge in [-0.05, 0) is 44.1 Å². The summed E-state index contributed by atoms with van der Waals surface area (Å²) in [6, 6.07) is 0.450. The number of hydrogen-bond acceptors (Lipinski definition) is 2. The molecule has 0 spiro atoms. The van der Waals surface area contributed by atoms with E-state index in [9.17, 15) is 0 Å². The molecular formula is C20H44N2. The van der Waals surface area contributed by atoms with E-state index in [-0.39, 0.29) is 0 Å². The van der Waals surface area contributed by atoms with Crippen molar-refractivity contribution >= 4 is 0 Å². The van der Waals surface area contributed by atoms with Gasteiger partial charge in [0.1, 0.15) is 0 Å². The van der Waals surface area contributed by atoms with Gasteiger partial charge in [-0.25, -0.2) is 0 Å². The zero-order valence-electron chi connectivity index (χ0n) is 15.8. The van der Waals surface area contributed by atoms with E-state index in [1.807, 2.05) is 0 Å². The summed E-state index contributed by atoms with van der Waals surface area (Å²) >= 11 is 0. The molecule has 0 saturated carbocycles. The van der Waals surface area contributed by atoms with Gasteiger partial charge in [0.2, 0.25) is 0 Å². The molecule has 2 nitrogen and oxygen atoms in total. The van der Waals surface area contributed by atoms with Crippen LogP contribution in [-0.2, 0) is 0 Å². The third-order valence-electron chi connectivity index (χ3n) is 5.64. The molecule has 0 aliphatic carbocycles. The molecule has 0 aromatic rings. The van der Waals surface area contributed by atoms with Gasteiger partial charge in [-0.3, -0.25) is 0 Å². The molecule has 0 fully saturated rings. The number of rotatable bonds is 16. The Morgan fingerprint density at radius 2 is 1.23 bits per heavy atom. The van der Waals surface area contributed by atoms with Gasteiger partial charge in [-0.15, -0.1) is 0 Å². The maximum Gasteiger partial charge on any atom is 0.00388 e. The summed E-state index contributed by atoms with van der Waals surface area (Å²) in [5.74, 6) is 0. The van der Waals surface area contributed by atoms with Crippen molar-refractivity contribution in [1.29, 1.82) is 0 Å². The minimum atomic E-state index is 0.422. The summed E-state index contributed by atoms with van der Waals surface area (Å²) < 4.78 is 0. The van der Waals surface area contributed by atoms with Gasteiger partial charge >= 0.3 is 0 Å². The molecule has 0 saturated heterocycles. The predicted octanol–water partition coefficient (Wildman–Crippen LogP) is 5.78. The van der Waals surface area contributed by atoms with Crippen molar-refractivity contribution in [2.24, 2.45) is 16.9 Å². The molecule has 0 aliphatic rings.